The van der Waals surface area contributed by atoms with Crippen molar-refractivity contribution < 1.29 is 14.3 Å². The first-order valence-electron chi connectivity index (χ1n) is 8.66. The summed E-state index contributed by atoms with van der Waals surface area (Å²) in [4.78, 5) is 17.3. The number of rotatable bonds is 3. The highest BCUT2D eigenvalue weighted by molar-refractivity contribution is 6.28. The van der Waals surface area contributed by atoms with Crippen LogP contribution in [-0.4, -0.2) is 16.6 Å². The average molecular weight is 351 g/mol. The van der Waals surface area contributed by atoms with Gasteiger partial charge in [0.1, 0.15) is 11.6 Å². The van der Waals surface area contributed by atoms with Crippen LogP contribution >= 0.6 is 0 Å². The standard InChI is InChI=1S/C22H22FNO2/c1-22(2)12-18(24-14-15-8-4-3-5-9-15)20(19(25)13-22)21(26)16-10-6-7-11-17(16)23/h3-11,26H,12-14H2,1-2H3/b21-20+,24-18?. The fourth-order valence-electron chi connectivity index (χ4n) is 3.25. The van der Waals surface area contributed by atoms with Gasteiger partial charge in [-0.05, 0) is 29.5 Å². The second-order valence-electron chi connectivity index (χ2n) is 7.39. The van der Waals surface area contributed by atoms with Gasteiger partial charge in [-0.2, -0.15) is 0 Å². The molecule has 0 amide bonds. The molecular weight excluding hydrogens is 329 g/mol. The van der Waals surface area contributed by atoms with Crippen molar-refractivity contribution in [3.05, 3.63) is 77.1 Å². The first-order chi connectivity index (χ1) is 12.4. The number of aliphatic hydroxyl groups excluding tert-OH is 1. The Morgan fingerprint density at radius 1 is 1.08 bits per heavy atom. The van der Waals surface area contributed by atoms with Crippen molar-refractivity contribution in [1.29, 1.82) is 0 Å². The second kappa shape index (κ2) is 7.24. The molecule has 4 heteroatoms. The molecule has 26 heavy (non-hydrogen) atoms. The van der Waals surface area contributed by atoms with Crippen molar-refractivity contribution in [3.8, 4) is 0 Å². The number of halogens is 1. The summed E-state index contributed by atoms with van der Waals surface area (Å²) in [6, 6.07) is 15.6. The molecule has 0 spiro atoms. The van der Waals surface area contributed by atoms with E-state index in [1.165, 1.54) is 12.1 Å². The molecule has 0 unspecified atom stereocenters. The zero-order chi connectivity index (χ0) is 18.7. The summed E-state index contributed by atoms with van der Waals surface area (Å²) < 4.78 is 14.1. The Hall–Kier alpha value is -2.75. The van der Waals surface area contributed by atoms with Crippen molar-refractivity contribution in [1.82, 2.24) is 0 Å². The summed E-state index contributed by atoms with van der Waals surface area (Å²) in [5.41, 5.74) is 1.48. The highest BCUT2D eigenvalue weighted by atomic mass is 19.1. The fraction of sp³-hybridized carbons (Fsp3) is 0.273. The van der Waals surface area contributed by atoms with Crippen molar-refractivity contribution >= 4 is 17.3 Å². The van der Waals surface area contributed by atoms with Crippen molar-refractivity contribution in [2.75, 3.05) is 0 Å². The number of Topliss-reactive ketones (excluding diaryl/α,β-unsaturated/α-hetero) is 1. The van der Waals surface area contributed by atoms with Crippen molar-refractivity contribution in [2.45, 2.75) is 33.2 Å². The minimum atomic E-state index is -0.558. The van der Waals surface area contributed by atoms with Gasteiger partial charge in [-0.25, -0.2) is 4.39 Å². The topological polar surface area (TPSA) is 49.7 Å². The Labute approximate surface area is 152 Å². The molecule has 0 saturated heterocycles. The number of aliphatic hydroxyl groups is 1. The maximum Gasteiger partial charge on any atom is 0.168 e. The van der Waals surface area contributed by atoms with Crippen LogP contribution < -0.4 is 0 Å². The summed E-state index contributed by atoms with van der Waals surface area (Å²) in [6.07, 6.45) is 0.852. The first-order valence-corrected chi connectivity index (χ1v) is 8.66. The van der Waals surface area contributed by atoms with Gasteiger partial charge in [0.15, 0.2) is 5.78 Å². The lowest BCUT2D eigenvalue weighted by Gasteiger charge is -2.31. The summed E-state index contributed by atoms with van der Waals surface area (Å²) in [7, 11) is 0. The molecule has 0 radical (unpaired) electrons. The normalized spacial score (nSPS) is 20.3. The van der Waals surface area contributed by atoms with Crippen LogP contribution in [0.3, 0.4) is 0 Å². The number of aliphatic imine (C=N–C) groups is 1. The monoisotopic (exact) mass is 351 g/mol. The third kappa shape index (κ3) is 3.90. The Bertz CT molecular complexity index is 882. The summed E-state index contributed by atoms with van der Waals surface area (Å²) in [6.45, 7) is 4.41. The summed E-state index contributed by atoms with van der Waals surface area (Å²) in [5.74, 6) is -1.08. The molecule has 134 valence electrons. The fourth-order valence-corrected chi connectivity index (χ4v) is 3.25. The van der Waals surface area contributed by atoms with Crippen LogP contribution in [0.4, 0.5) is 4.39 Å². The Balaban J connectivity index is 2.06. The van der Waals surface area contributed by atoms with Gasteiger partial charge in [0, 0.05) is 6.42 Å². The van der Waals surface area contributed by atoms with Crippen LogP contribution in [0.2, 0.25) is 0 Å². The molecule has 1 N–H and O–H groups in total. The number of carbonyl (C=O) groups is 1. The van der Waals surface area contributed by atoms with Gasteiger partial charge in [-0.15, -0.1) is 0 Å². The van der Waals surface area contributed by atoms with Gasteiger partial charge in [0.2, 0.25) is 0 Å². The van der Waals surface area contributed by atoms with Gasteiger partial charge in [-0.3, -0.25) is 9.79 Å². The van der Waals surface area contributed by atoms with E-state index in [0.717, 1.165) is 5.56 Å². The molecule has 0 bridgehead atoms. The minimum absolute atomic E-state index is 0.0305. The minimum Gasteiger partial charge on any atom is -0.506 e. The van der Waals surface area contributed by atoms with Gasteiger partial charge >= 0.3 is 0 Å². The summed E-state index contributed by atoms with van der Waals surface area (Å²) in [5, 5.41) is 10.7. The number of allylic oxidation sites excluding steroid dienone is 1. The molecule has 1 aliphatic rings. The Morgan fingerprint density at radius 2 is 1.73 bits per heavy atom. The van der Waals surface area contributed by atoms with Crippen LogP contribution in [0.25, 0.3) is 5.76 Å². The Morgan fingerprint density at radius 3 is 2.42 bits per heavy atom. The first kappa shape index (κ1) is 18.1. The van der Waals surface area contributed by atoms with Crippen molar-refractivity contribution in [2.24, 2.45) is 10.4 Å². The van der Waals surface area contributed by atoms with Gasteiger partial charge in [0.05, 0.1) is 23.4 Å². The van der Waals surface area contributed by atoms with E-state index in [-0.39, 0.29) is 28.1 Å². The highest BCUT2D eigenvalue weighted by Gasteiger charge is 2.36. The zero-order valence-electron chi connectivity index (χ0n) is 15.0. The molecule has 1 fully saturated rings. The smallest absolute Gasteiger partial charge is 0.168 e. The molecule has 0 aliphatic heterocycles. The molecule has 0 heterocycles. The van der Waals surface area contributed by atoms with Gasteiger partial charge < -0.3 is 5.11 Å². The SMILES string of the molecule is CC1(C)CC(=O)/C(=C(/O)c2ccccc2F)C(=NCc2ccccc2)C1. The molecule has 0 atom stereocenters. The van der Waals surface area contributed by atoms with E-state index in [2.05, 4.69) is 4.99 Å². The number of benzene rings is 2. The zero-order valence-corrected chi connectivity index (χ0v) is 15.0. The highest BCUT2D eigenvalue weighted by Crippen LogP contribution is 2.37. The second-order valence-corrected chi connectivity index (χ2v) is 7.39. The van der Waals surface area contributed by atoms with Crippen molar-refractivity contribution in [3.63, 3.8) is 0 Å². The predicted octanol–water partition coefficient (Wildman–Crippen LogP) is 5.13. The van der Waals surface area contributed by atoms with Crippen LogP contribution in [-0.2, 0) is 11.3 Å². The number of hydrogen-bond acceptors (Lipinski definition) is 3. The molecule has 3 nitrogen and oxygen atoms in total. The van der Waals surface area contributed by atoms with Crippen LogP contribution in [0.15, 0.2) is 65.2 Å². The molecule has 3 rings (SSSR count). The summed E-state index contributed by atoms with van der Waals surface area (Å²) >= 11 is 0. The number of carbonyl (C=O) groups excluding carboxylic acids is 1. The van der Waals surface area contributed by atoms with Crippen LogP contribution in [0.1, 0.15) is 37.8 Å². The van der Waals surface area contributed by atoms with E-state index in [1.54, 1.807) is 12.1 Å². The lowest BCUT2D eigenvalue weighted by molar-refractivity contribution is -0.117. The average Bonchev–Trinajstić information content (AvgIpc) is 2.59. The maximum atomic E-state index is 14.1. The van der Waals surface area contributed by atoms with E-state index < -0.39 is 5.82 Å². The number of nitrogens with zero attached hydrogens (tertiary/aromatic N) is 1. The molecular formula is C22H22FNO2. The lowest BCUT2D eigenvalue weighted by Crippen LogP contribution is -2.32. The number of hydrogen-bond donors (Lipinski definition) is 1. The Kier molecular flexibility index (Phi) is 5.03. The van der Waals surface area contributed by atoms with Gasteiger partial charge in [0.25, 0.3) is 0 Å². The van der Waals surface area contributed by atoms with Gasteiger partial charge in [-0.1, -0.05) is 56.3 Å². The molecule has 0 aromatic heterocycles. The predicted molar refractivity (Wildman–Crippen MR) is 102 cm³/mol. The van der Waals surface area contributed by atoms with E-state index in [9.17, 15) is 14.3 Å². The van der Waals surface area contributed by atoms with Crippen LogP contribution in [0.5, 0.6) is 0 Å². The third-order valence-electron chi connectivity index (χ3n) is 4.51. The maximum absolute atomic E-state index is 14.1. The van der Waals surface area contributed by atoms with E-state index in [1.807, 2.05) is 44.2 Å². The third-order valence-corrected chi connectivity index (χ3v) is 4.51. The molecule has 1 saturated carbocycles. The van der Waals surface area contributed by atoms with E-state index in [0.29, 0.717) is 25.1 Å². The van der Waals surface area contributed by atoms with E-state index >= 15 is 0 Å². The largest absolute Gasteiger partial charge is 0.506 e. The molecule has 2 aromatic carbocycles. The molecule has 1 aliphatic carbocycles. The lowest BCUT2D eigenvalue weighted by atomic mass is 9.73. The number of ketones is 1. The van der Waals surface area contributed by atoms with Crippen LogP contribution in [0, 0.1) is 11.2 Å². The quantitative estimate of drug-likeness (QED) is 0.616. The molecule has 2 aromatic rings. The van der Waals surface area contributed by atoms with E-state index in [4.69, 9.17) is 0 Å².